The van der Waals surface area contributed by atoms with Gasteiger partial charge >= 0.3 is 0 Å². The van der Waals surface area contributed by atoms with Crippen molar-refractivity contribution in [3.8, 4) is 0 Å². The average Bonchev–Trinajstić information content (AvgIpc) is 2.85. The third-order valence-electron chi connectivity index (χ3n) is 4.25. The van der Waals surface area contributed by atoms with Crippen molar-refractivity contribution in [1.82, 2.24) is 4.72 Å². The Bertz CT molecular complexity index is 616. The number of nitrogens with one attached hydrogen (secondary N) is 1. The van der Waals surface area contributed by atoms with Crippen molar-refractivity contribution in [2.24, 2.45) is 17.6 Å². The van der Waals surface area contributed by atoms with Gasteiger partial charge in [0.25, 0.3) is 0 Å². The predicted molar refractivity (Wildman–Crippen MR) is 80.7 cm³/mol. The van der Waals surface area contributed by atoms with Gasteiger partial charge in [-0.2, -0.15) is 0 Å². The molecule has 6 heteroatoms. The van der Waals surface area contributed by atoms with Crippen LogP contribution in [0.4, 0.5) is 4.39 Å². The maximum absolute atomic E-state index is 13.8. The van der Waals surface area contributed by atoms with Crippen molar-refractivity contribution in [3.63, 3.8) is 0 Å². The van der Waals surface area contributed by atoms with Crippen molar-refractivity contribution in [2.75, 3.05) is 6.54 Å². The van der Waals surface area contributed by atoms with Crippen molar-refractivity contribution < 1.29 is 12.8 Å². The molecule has 118 valence electrons. The standard InChI is InChI=1S/C15H23FN2O2S/c1-10-3-4-12(5-10)9-18-21(19,20)15-7-13(8-17)6-14(16)11(15)2/h6-7,10,12,18H,3-5,8-9,17H2,1-2H3. The van der Waals surface area contributed by atoms with E-state index in [-0.39, 0.29) is 17.0 Å². The summed E-state index contributed by atoms with van der Waals surface area (Å²) in [5.74, 6) is 0.490. The highest BCUT2D eigenvalue weighted by Crippen LogP contribution is 2.30. The summed E-state index contributed by atoms with van der Waals surface area (Å²) in [6, 6.07) is 2.74. The minimum absolute atomic E-state index is 0.00556. The lowest BCUT2D eigenvalue weighted by Crippen LogP contribution is -2.29. The largest absolute Gasteiger partial charge is 0.326 e. The minimum atomic E-state index is -3.70. The van der Waals surface area contributed by atoms with Gasteiger partial charge < -0.3 is 5.73 Å². The molecule has 0 spiro atoms. The van der Waals surface area contributed by atoms with Gasteiger partial charge in [0, 0.05) is 18.7 Å². The fraction of sp³-hybridized carbons (Fsp3) is 0.600. The Hall–Kier alpha value is -0.980. The lowest BCUT2D eigenvalue weighted by Gasteiger charge is -2.14. The molecule has 2 atom stereocenters. The maximum Gasteiger partial charge on any atom is 0.240 e. The van der Waals surface area contributed by atoms with E-state index >= 15 is 0 Å². The molecule has 0 heterocycles. The molecule has 1 aliphatic carbocycles. The van der Waals surface area contributed by atoms with Crippen LogP contribution in [0.3, 0.4) is 0 Å². The highest BCUT2D eigenvalue weighted by atomic mass is 32.2. The molecule has 1 fully saturated rings. The van der Waals surface area contributed by atoms with E-state index in [9.17, 15) is 12.8 Å². The van der Waals surface area contributed by atoms with E-state index in [1.807, 2.05) is 0 Å². The molecule has 1 saturated carbocycles. The first-order chi connectivity index (χ1) is 9.83. The summed E-state index contributed by atoms with van der Waals surface area (Å²) >= 11 is 0. The second-order valence-corrected chi connectivity index (χ2v) is 7.78. The molecule has 0 saturated heterocycles. The van der Waals surface area contributed by atoms with E-state index in [4.69, 9.17) is 5.73 Å². The number of benzene rings is 1. The highest BCUT2D eigenvalue weighted by molar-refractivity contribution is 7.89. The normalized spacial score (nSPS) is 22.7. The zero-order valence-electron chi connectivity index (χ0n) is 12.5. The number of rotatable bonds is 5. The fourth-order valence-corrected chi connectivity index (χ4v) is 4.34. The van der Waals surface area contributed by atoms with Crippen LogP contribution in [0.25, 0.3) is 0 Å². The number of hydrogen-bond acceptors (Lipinski definition) is 3. The van der Waals surface area contributed by atoms with Gasteiger partial charge in [0.1, 0.15) is 5.82 Å². The SMILES string of the molecule is Cc1c(F)cc(CN)cc1S(=O)(=O)NCC1CCC(C)C1. The van der Waals surface area contributed by atoms with Gasteiger partial charge in [-0.05, 0) is 49.3 Å². The van der Waals surface area contributed by atoms with Crippen LogP contribution < -0.4 is 10.5 Å². The van der Waals surface area contributed by atoms with Crippen molar-refractivity contribution in [3.05, 3.63) is 29.1 Å². The van der Waals surface area contributed by atoms with Crippen LogP contribution in [0.5, 0.6) is 0 Å². The van der Waals surface area contributed by atoms with E-state index in [2.05, 4.69) is 11.6 Å². The first-order valence-corrected chi connectivity index (χ1v) is 8.80. The molecular weight excluding hydrogens is 291 g/mol. The van der Waals surface area contributed by atoms with Crippen LogP contribution >= 0.6 is 0 Å². The number of sulfonamides is 1. The molecule has 0 aromatic heterocycles. The quantitative estimate of drug-likeness (QED) is 0.876. The van der Waals surface area contributed by atoms with Gasteiger partial charge in [-0.3, -0.25) is 0 Å². The zero-order chi connectivity index (χ0) is 15.6. The zero-order valence-corrected chi connectivity index (χ0v) is 13.3. The molecule has 0 amide bonds. The van der Waals surface area contributed by atoms with Gasteiger partial charge in [-0.1, -0.05) is 13.3 Å². The second-order valence-electron chi connectivity index (χ2n) is 6.04. The number of hydrogen-bond donors (Lipinski definition) is 2. The summed E-state index contributed by atoms with van der Waals surface area (Å²) in [6.45, 7) is 4.18. The van der Waals surface area contributed by atoms with E-state index in [0.717, 1.165) is 19.3 Å². The Kier molecular flexibility index (Phi) is 5.01. The maximum atomic E-state index is 13.8. The molecule has 4 nitrogen and oxygen atoms in total. The molecule has 0 bridgehead atoms. The summed E-state index contributed by atoms with van der Waals surface area (Å²) in [7, 11) is -3.70. The topological polar surface area (TPSA) is 72.2 Å². The Morgan fingerprint density at radius 1 is 1.38 bits per heavy atom. The van der Waals surface area contributed by atoms with E-state index in [1.54, 1.807) is 0 Å². The average molecular weight is 314 g/mol. The fourth-order valence-electron chi connectivity index (χ4n) is 2.92. The molecule has 1 aliphatic rings. The van der Waals surface area contributed by atoms with Crippen molar-refractivity contribution in [2.45, 2.75) is 44.6 Å². The smallest absolute Gasteiger partial charge is 0.240 e. The first kappa shape index (κ1) is 16.4. The summed E-state index contributed by atoms with van der Waals surface area (Å²) in [6.07, 6.45) is 3.22. The lowest BCUT2D eigenvalue weighted by atomic mass is 10.1. The van der Waals surface area contributed by atoms with Crippen molar-refractivity contribution >= 4 is 10.0 Å². The highest BCUT2D eigenvalue weighted by Gasteiger charge is 2.25. The third-order valence-corrected chi connectivity index (χ3v) is 5.80. The van der Waals surface area contributed by atoms with Crippen LogP contribution in [-0.2, 0) is 16.6 Å². The Morgan fingerprint density at radius 2 is 2.10 bits per heavy atom. The summed E-state index contributed by atoms with van der Waals surface area (Å²) in [5.41, 5.74) is 6.11. The van der Waals surface area contributed by atoms with Crippen LogP contribution in [0.15, 0.2) is 17.0 Å². The Balaban J connectivity index is 2.17. The number of halogens is 1. The van der Waals surface area contributed by atoms with Gasteiger partial charge in [-0.15, -0.1) is 0 Å². The van der Waals surface area contributed by atoms with Gasteiger partial charge in [0.2, 0.25) is 10.0 Å². The van der Waals surface area contributed by atoms with E-state index < -0.39 is 15.8 Å². The van der Waals surface area contributed by atoms with Gasteiger partial charge in [-0.25, -0.2) is 17.5 Å². The van der Waals surface area contributed by atoms with Gasteiger partial charge in [0.15, 0.2) is 0 Å². The first-order valence-electron chi connectivity index (χ1n) is 7.32. The molecule has 1 aromatic carbocycles. The van der Waals surface area contributed by atoms with E-state index in [1.165, 1.54) is 19.1 Å². The summed E-state index contributed by atoms with van der Waals surface area (Å²) in [4.78, 5) is -0.00556. The number of nitrogens with two attached hydrogens (primary N) is 1. The Morgan fingerprint density at radius 3 is 2.67 bits per heavy atom. The predicted octanol–water partition coefficient (Wildman–Crippen LogP) is 2.31. The monoisotopic (exact) mass is 314 g/mol. The Labute approximate surface area is 126 Å². The van der Waals surface area contributed by atoms with E-state index in [0.29, 0.717) is 23.9 Å². The molecule has 3 N–H and O–H groups in total. The minimum Gasteiger partial charge on any atom is -0.326 e. The molecule has 0 radical (unpaired) electrons. The molecule has 2 rings (SSSR count). The van der Waals surface area contributed by atoms with Crippen LogP contribution in [-0.4, -0.2) is 15.0 Å². The molecule has 0 aliphatic heterocycles. The van der Waals surface area contributed by atoms with Gasteiger partial charge in [0.05, 0.1) is 4.90 Å². The third kappa shape index (κ3) is 3.81. The van der Waals surface area contributed by atoms with Crippen molar-refractivity contribution in [1.29, 1.82) is 0 Å². The lowest BCUT2D eigenvalue weighted by molar-refractivity contribution is 0.498. The summed E-state index contributed by atoms with van der Waals surface area (Å²) in [5, 5.41) is 0. The molecular formula is C15H23FN2O2S. The summed E-state index contributed by atoms with van der Waals surface area (Å²) < 4.78 is 41.2. The second kappa shape index (κ2) is 6.42. The molecule has 21 heavy (non-hydrogen) atoms. The van der Waals surface area contributed by atoms with Crippen LogP contribution in [0.1, 0.15) is 37.3 Å². The van der Waals surface area contributed by atoms with Crippen LogP contribution in [0.2, 0.25) is 0 Å². The van der Waals surface area contributed by atoms with Crippen LogP contribution in [0, 0.1) is 24.6 Å². The molecule has 2 unspecified atom stereocenters. The molecule has 1 aromatic rings.